The molecule has 4 heteroatoms. The molecule has 0 saturated heterocycles. The van der Waals surface area contributed by atoms with E-state index in [4.69, 9.17) is 0 Å². The fourth-order valence-corrected chi connectivity index (χ4v) is 3.98. The Hall–Kier alpha value is -0.770. The highest BCUT2D eigenvalue weighted by Gasteiger charge is 2.46. The average molecular weight is 304 g/mol. The van der Waals surface area contributed by atoms with E-state index in [9.17, 15) is 18.3 Å². The van der Waals surface area contributed by atoms with Gasteiger partial charge < -0.3 is 5.11 Å². The second-order valence-corrected chi connectivity index (χ2v) is 7.11. The molecular formula is C17H27F3O. The minimum absolute atomic E-state index is 0.395. The summed E-state index contributed by atoms with van der Waals surface area (Å²) in [6.07, 6.45) is 6.27. The Labute approximate surface area is 125 Å². The topological polar surface area (TPSA) is 20.2 Å². The van der Waals surface area contributed by atoms with Gasteiger partial charge in [-0.25, -0.2) is 0 Å². The zero-order valence-corrected chi connectivity index (χ0v) is 13.1. The Kier molecular flexibility index (Phi) is 5.70. The van der Waals surface area contributed by atoms with Crippen molar-refractivity contribution in [3.8, 4) is 0 Å². The maximum Gasteiger partial charge on any atom is 0.411 e. The molecule has 1 nitrogen and oxygen atoms in total. The molecule has 3 unspecified atom stereocenters. The van der Waals surface area contributed by atoms with Crippen LogP contribution in [0, 0.1) is 11.3 Å². The number of hydrogen-bond acceptors (Lipinski definition) is 1. The van der Waals surface area contributed by atoms with E-state index >= 15 is 0 Å². The van der Waals surface area contributed by atoms with Crippen molar-refractivity contribution in [2.24, 2.45) is 11.3 Å². The van der Waals surface area contributed by atoms with E-state index in [1.807, 2.05) is 13.0 Å². The first-order chi connectivity index (χ1) is 9.50. The zero-order chi connectivity index (χ0) is 16.3. The predicted molar refractivity (Wildman–Crippen MR) is 79.9 cm³/mol. The third-order valence-corrected chi connectivity index (χ3v) is 4.59. The Bertz CT molecular complexity index is 384. The number of aliphatic hydroxyl groups is 1. The maximum absolute atomic E-state index is 11.1. The Morgan fingerprint density at radius 2 is 1.95 bits per heavy atom. The number of rotatable bonds is 2. The van der Waals surface area contributed by atoms with Gasteiger partial charge in [0, 0.05) is 5.57 Å². The van der Waals surface area contributed by atoms with Crippen LogP contribution in [0.3, 0.4) is 0 Å². The predicted octanol–water partition coefficient (Wildman–Crippen LogP) is 5.41. The van der Waals surface area contributed by atoms with Crippen molar-refractivity contribution in [3.63, 3.8) is 0 Å². The van der Waals surface area contributed by atoms with Gasteiger partial charge in [-0.3, -0.25) is 0 Å². The molecule has 0 spiro atoms. The van der Waals surface area contributed by atoms with Crippen LogP contribution in [-0.4, -0.2) is 16.9 Å². The lowest BCUT2D eigenvalue weighted by Gasteiger charge is -2.50. The second-order valence-electron chi connectivity index (χ2n) is 7.11. The van der Waals surface area contributed by atoms with Crippen LogP contribution < -0.4 is 0 Å². The number of hydrogen-bond donors (Lipinski definition) is 1. The molecule has 0 aromatic carbocycles. The van der Waals surface area contributed by atoms with Gasteiger partial charge in [-0.2, -0.15) is 13.2 Å². The first kappa shape index (κ1) is 18.3. The highest BCUT2D eigenvalue weighted by molar-refractivity contribution is 5.01. The summed E-state index contributed by atoms with van der Waals surface area (Å²) in [5, 5.41) is 10.2. The average Bonchev–Trinajstić information content (AvgIpc) is 2.25. The van der Waals surface area contributed by atoms with E-state index in [0.717, 1.165) is 32.1 Å². The minimum atomic E-state index is -4.19. The van der Waals surface area contributed by atoms with Gasteiger partial charge in [0.05, 0.1) is 5.60 Å². The second kappa shape index (κ2) is 6.55. The first-order valence-electron chi connectivity index (χ1n) is 7.56. The SMILES string of the molecule is C=C(C)C(F)(F)F.C=CCC12CCCC(CC(C)(O)C1)C2. The van der Waals surface area contributed by atoms with E-state index < -0.39 is 17.4 Å². The van der Waals surface area contributed by atoms with Gasteiger partial charge in [-0.1, -0.05) is 25.5 Å². The smallest absolute Gasteiger partial charge is 0.390 e. The van der Waals surface area contributed by atoms with E-state index in [0.29, 0.717) is 5.41 Å². The van der Waals surface area contributed by atoms with E-state index in [-0.39, 0.29) is 0 Å². The molecule has 0 radical (unpaired) electrons. The van der Waals surface area contributed by atoms with Gasteiger partial charge in [-0.05, 0) is 57.3 Å². The molecule has 2 aliphatic rings. The normalized spacial score (nSPS) is 35.4. The molecule has 2 aliphatic carbocycles. The fourth-order valence-electron chi connectivity index (χ4n) is 3.98. The molecule has 122 valence electrons. The molecule has 2 saturated carbocycles. The molecular weight excluding hydrogens is 277 g/mol. The lowest BCUT2D eigenvalue weighted by atomic mass is 9.57. The number of alkyl halides is 3. The molecule has 21 heavy (non-hydrogen) atoms. The summed E-state index contributed by atoms with van der Waals surface area (Å²) < 4.78 is 33.2. The summed E-state index contributed by atoms with van der Waals surface area (Å²) >= 11 is 0. The van der Waals surface area contributed by atoms with Crippen molar-refractivity contribution in [1.82, 2.24) is 0 Å². The molecule has 0 amide bonds. The highest BCUT2D eigenvalue weighted by Crippen LogP contribution is 2.54. The van der Waals surface area contributed by atoms with Gasteiger partial charge in [0.2, 0.25) is 0 Å². The van der Waals surface area contributed by atoms with Crippen LogP contribution >= 0.6 is 0 Å². The number of halogens is 3. The molecule has 3 atom stereocenters. The highest BCUT2D eigenvalue weighted by atomic mass is 19.4. The molecule has 0 aromatic heterocycles. The minimum Gasteiger partial charge on any atom is -0.390 e. The Balaban J connectivity index is 0.000000270. The van der Waals surface area contributed by atoms with Crippen molar-refractivity contribution >= 4 is 0 Å². The quantitative estimate of drug-likeness (QED) is 0.676. The summed E-state index contributed by atoms with van der Waals surface area (Å²) in [6.45, 7) is 9.51. The standard InChI is InChI=1S/C13H22O.C4H5F3/c1-3-6-13-7-4-5-11(9-13)8-12(2,14)10-13;1-3(2)4(5,6)7/h3,11,14H,1,4-10H2,2H3;1H2,2H3. The van der Waals surface area contributed by atoms with Crippen LogP contribution in [0.4, 0.5) is 13.2 Å². The lowest BCUT2D eigenvalue weighted by Crippen LogP contribution is -2.45. The van der Waals surface area contributed by atoms with E-state index in [1.165, 1.54) is 25.7 Å². The maximum atomic E-state index is 11.1. The van der Waals surface area contributed by atoms with Crippen LogP contribution in [0.2, 0.25) is 0 Å². The van der Waals surface area contributed by atoms with Gasteiger partial charge in [0.15, 0.2) is 0 Å². The van der Waals surface area contributed by atoms with Gasteiger partial charge in [0.1, 0.15) is 0 Å². The van der Waals surface area contributed by atoms with E-state index in [2.05, 4.69) is 13.2 Å². The fraction of sp³-hybridized carbons (Fsp3) is 0.765. The summed E-state index contributed by atoms with van der Waals surface area (Å²) in [4.78, 5) is 0. The van der Waals surface area contributed by atoms with Crippen molar-refractivity contribution in [1.29, 1.82) is 0 Å². The zero-order valence-electron chi connectivity index (χ0n) is 13.1. The largest absolute Gasteiger partial charge is 0.411 e. The first-order valence-corrected chi connectivity index (χ1v) is 7.56. The van der Waals surface area contributed by atoms with E-state index in [1.54, 1.807) is 0 Å². The van der Waals surface area contributed by atoms with Gasteiger partial charge in [-0.15, -0.1) is 6.58 Å². The number of allylic oxidation sites excluding steroid dienone is 2. The van der Waals surface area contributed by atoms with Crippen LogP contribution in [0.5, 0.6) is 0 Å². The number of fused-ring (bicyclic) bond motifs is 2. The van der Waals surface area contributed by atoms with Crippen molar-refractivity contribution in [3.05, 3.63) is 24.8 Å². The monoisotopic (exact) mass is 304 g/mol. The van der Waals surface area contributed by atoms with Crippen LogP contribution in [0.25, 0.3) is 0 Å². The van der Waals surface area contributed by atoms with Crippen molar-refractivity contribution < 1.29 is 18.3 Å². The van der Waals surface area contributed by atoms with Crippen LogP contribution in [0.15, 0.2) is 24.8 Å². The van der Waals surface area contributed by atoms with Gasteiger partial charge >= 0.3 is 6.18 Å². The third kappa shape index (κ3) is 5.50. The summed E-state index contributed by atoms with van der Waals surface area (Å²) in [5.41, 5.74) is -0.772. The summed E-state index contributed by atoms with van der Waals surface area (Å²) in [5.74, 6) is 0.771. The van der Waals surface area contributed by atoms with Crippen molar-refractivity contribution in [2.45, 2.75) is 70.6 Å². The van der Waals surface area contributed by atoms with Crippen molar-refractivity contribution in [2.75, 3.05) is 0 Å². The molecule has 0 heterocycles. The third-order valence-electron chi connectivity index (χ3n) is 4.59. The molecule has 0 aliphatic heterocycles. The molecule has 2 bridgehead atoms. The summed E-state index contributed by atoms with van der Waals surface area (Å²) in [7, 11) is 0. The van der Waals surface area contributed by atoms with Crippen LogP contribution in [-0.2, 0) is 0 Å². The summed E-state index contributed by atoms with van der Waals surface area (Å²) in [6, 6.07) is 0. The van der Waals surface area contributed by atoms with Gasteiger partial charge in [0.25, 0.3) is 0 Å². The molecule has 2 fully saturated rings. The molecule has 1 N–H and O–H groups in total. The van der Waals surface area contributed by atoms with Crippen LogP contribution in [0.1, 0.15) is 58.8 Å². The Morgan fingerprint density at radius 3 is 2.43 bits per heavy atom. The molecule has 2 rings (SSSR count). The lowest BCUT2D eigenvalue weighted by molar-refractivity contribution is -0.0909. The Morgan fingerprint density at radius 1 is 1.38 bits per heavy atom. The molecule has 0 aromatic rings.